The van der Waals surface area contributed by atoms with Gasteiger partial charge in [0.1, 0.15) is 41.4 Å². The maximum atomic E-state index is 16.0. The second-order valence-corrected chi connectivity index (χ2v) is 18.0. The number of piperidine rings is 3. The van der Waals surface area contributed by atoms with Crippen LogP contribution in [0.25, 0.3) is 22.3 Å². The van der Waals surface area contributed by atoms with Crippen molar-refractivity contribution in [1.82, 2.24) is 40.2 Å². The summed E-state index contributed by atoms with van der Waals surface area (Å²) in [6.45, 7) is 9.71. The number of hydrogen-bond donors (Lipinski definition) is 2. The molecule has 0 spiro atoms. The zero-order valence-corrected chi connectivity index (χ0v) is 34.0. The molecule has 1 saturated carbocycles. The summed E-state index contributed by atoms with van der Waals surface area (Å²) in [6, 6.07) is 10.6. The van der Waals surface area contributed by atoms with Gasteiger partial charge in [-0.1, -0.05) is 0 Å². The standard InChI is InChI=1S/C44H52F2N10O4/c1-44(11-12-44)60-29-2-4-34-31(20-29)41(51-50-34)35-21-38(48-26-47-35)55-18-16-52(17-19-55)23-28-10-13-53(25-33(28)45)22-27-8-14-54(15-9-27)36-5-3-30-32(40(36)46)24-56(43(30)59)37-6-7-39(57)49-42(37)58/h2-5,20-21,26-28,33,37H,6-19,22-25H2,1H3,(H,50,51)(H,49,57,58)/t28-,33-,37?/m0/s1. The molecule has 1 unspecified atom stereocenters. The Hall–Kier alpha value is -5.22. The fourth-order valence-electron chi connectivity index (χ4n) is 9.90. The van der Waals surface area contributed by atoms with Crippen LogP contribution in [0.2, 0.25) is 0 Å². The second-order valence-electron chi connectivity index (χ2n) is 18.0. The third-order valence-electron chi connectivity index (χ3n) is 13.8. The predicted molar refractivity (Wildman–Crippen MR) is 221 cm³/mol. The van der Waals surface area contributed by atoms with Gasteiger partial charge in [-0.3, -0.25) is 29.7 Å². The minimum Gasteiger partial charge on any atom is -0.488 e. The lowest BCUT2D eigenvalue weighted by molar-refractivity contribution is -0.136. The summed E-state index contributed by atoms with van der Waals surface area (Å²) in [4.78, 5) is 56.8. The first-order valence-corrected chi connectivity index (χ1v) is 21.6. The fourth-order valence-corrected chi connectivity index (χ4v) is 9.90. The van der Waals surface area contributed by atoms with E-state index in [0.717, 1.165) is 112 Å². The van der Waals surface area contributed by atoms with Crippen LogP contribution in [0.1, 0.15) is 67.8 Å². The molecule has 0 bridgehead atoms. The van der Waals surface area contributed by atoms with Gasteiger partial charge in [0, 0.05) is 93.8 Å². The van der Waals surface area contributed by atoms with E-state index in [0.29, 0.717) is 36.8 Å². The molecule has 16 heteroatoms. The zero-order valence-electron chi connectivity index (χ0n) is 34.0. The van der Waals surface area contributed by atoms with Crippen LogP contribution in [-0.2, 0) is 16.1 Å². The molecular formula is C44H52F2N10O4. The van der Waals surface area contributed by atoms with Crippen molar-refractivity contribution in [1.29, 1.82) is 0 Å². The number of nitrogens with zero attached hydrogens (tertiary/aromatic N) is 8. The van der Waals surface area contributed by atoms with Crippen molar-refractivity contribution in [3.05, 3.63) is 59.7 Å². The Labute approximate surface area is 347 Å². The van der Waals surface area contributed by atoms with E-state index in [1.807, 2.05) is 29.2 Å². The van der Waals surface area contributed by atoms with E-state index in [2.05, 4.69) is 47.1 Å². The summed E-state index contributed by atoms with van der Waals surface area (Å²) < 4.78 is 37.9. The molecule has 1 aliphatic carbocycles. The van der Waals surface area contributed by atoms with Crippen LogP contribution >= 0.6 is 0 Å². The highest BCUT2D eigenvalue weighted by Gasteiger charge is 2.42. The predicted octanol–water partition coefficient (Wildman–Crippen LogP) is 4.55. The fraction of sp³-hybridized carbons (Fsp3) is 0.545. The Bertz CT molecular complexity index is 2300. The number of carbonyl (C=O) groups excluding carboxylic acids is 3. The smallest absolute Gasteiger partial charge is 0.255 e. The highest BCUT2D eigenvalue weighted by Crippen LogP contribution is 2.41. The molecule has 60 heavy (non-hydrogen) atoms. The molecule has 6 aliphatic rings. The molecule has 14 nitrogen and oxygen atoms in total. The largest absolute Gasteiger partial charge is 0.488 e. The Kier molecular flexibility index (Phi) is 10.2. The van der Waals surface area contributed by atoms with Crippen molar-refractivity contribution in [2.45, 2.75) is 76.2 Å². The second kappa shape index (κ2) is 15.7. The van der Waals surface area contributed by atoms with E-state index in [-0.39, 0.29) is 48.3 Å². The van der Waals surface area contributed by atoms with Gasteiger partial charge in [-0.15, -0.1) is 0 Å². The van der Waals surface area contributed by atoms with Crippen molar-refractivity contribution in [3.63, 3.8) is 0 Å². The number of amides is 3. The monoisotopic (exact) mass is 822 g/mol. The van der Waals surface area contributed by atoms with E-state index in [4.69, 9.17) is 4.74 Å². The van der Waals surface area contributed by atoms with Crippen LogP contribution in [0.5, 0.6) is 5.75 Å². The quantitative estimate of drug-likeness (QED) is 0.218. The van der Waals surface area contributed by atoms with Crippen LogP contribution in [-0.4, -0.2) is 136 Å². The number of nitrogens with one attached hydrogen (secondary N) is 2. The number of aromatic amines is 1. The topological polar surface area (TPSA) is 143 Å². The minimum atomic E-state index is -0.883. The minimum absolute atomic E-state index is 0.00481. The molecule has 0 radical (unpaired) electrons. The number of aromatic nitrogens is 4. The number of carbonyl (C=O) groups is 3. The number of alkyl halides is 1. The summed E-state index contributed by atoms with van der Waals surface area (Å²) in [5, 5.41) is 11.0. The lowest BCUT2D eigenvalue weighted by atomic mass is 9.91. The average molecular weight is 823 g/mol. The first kappa shape index (κ1) is 38.9. The third kappa shape index (κ3) is 7.68. The zero-order chi connectivity index (χ0) is 41.1. The third-order valence-corrected chi connectivity index (χ3v) is 13.8. The molecule has 2 aromatic carbocycles. The molecular weight excluding hydrogens is 771 g/mol. The number of likely N-dealkylation sites (tertiary alicyclic amines) is 1. The van der Waals surface area contributed by atoms with E-state index in [1.54, 1.807) is 18.5 Å². The van der Waals surface area contributed by atoms with Crippen LogP contribution in [0, 0.1) is 17.7 Å². The number of imide groups is 1. The maximum Gasteiger partial charge on any atom is 0.255 e. The Balaban J connectivity index is 0.680. The average Bonchev–Trinajstić information content (AvgIpc) is 3.66. The Morgan fingerprint density at radius 2 is 1.70 bits per heavy atom. The van der Waals surface area contributed by atoms with Gasteiger partial charge in [0.2, 0.25) is 11.8 Å². The first-order valence-electron chi connectivity index (χ1n) is 21.6. The van der Waals surface area contributed by atoms with Crippen molar-refractivity contribution in [3.8, 4) is 17.1 Å². The van der Waals surface area contributed by atoms with Crippen LogP contribution in [0.4, 0.5) is 20.3 Å². The highest BCUT2D eigenvalue weighted by atomic mass is 19.1. The van der Waals surface area contributed by atoms with Gasteiger partial charge in [0.25, 0.3) is 5.91 Å². The number of piperazine rings is 1. The number of H-pyrrole nitrogens is 1. The lowest BCUT2D eigenvalue weighted by Crippen LogP contribution is -2.52. The molecule has 3 amide bonds. The van der Waals surface area contributed by atoms with E-state index in [1.165, 1.54) is 4.90 Å². The van der Waals surface area contributed by atoms with Crippen molar-refractivity contribution < 1.29 is 27.9 Å². The number of anilines is 2. The number of halogens is 2. The van der Waals surface area contributed by atoms with Crippen molar-refractivity contribution in [2.24, 2.45) is 11.8 Å². The number of fused-ring (bicyclic) bond motifs is 2. The number of benzene rings is 2. The van der Waals surface area contributed by atoms with Gasteiger partial charge in [0.15, 0.2) is 5.82 Å². The van der Waals surface area contributed by atoms with Crippen molar-refractivity contribution >= 4 is 40.1 Å². The normalized spacial score (nSPS) is 25.2. The van der Waals surface area contributed by atoms with Gasteiger partial charge >= 0.3 is 0 Å². The van der Waals surface area contributed by atoms with Crippen molar-refractivity contribution in [2.75, 3.05) is 75.2 Å². The summed E-state index contributed by atoms with van der Waals surface area (Å²) in [5.74, 6) is 0.453. The summed E-state index contributed by atoms with van der Waals surface area (Å²) in [5.41, 5.74) is 3.46. The van der Waals surface area contributed by atoms with Crippen LogP contribution in [0.15, 0.2) is 42.7 Å². The SMILES string of the molecule is CC1(Oc2ccc3[nH]nc(-c4cc(N5CCN(C[C@@H]6CCN(CC7CCN(c8ccc9c(c8F)CN(C8CCC(=O)NC8=O)C9=O)CC7)C[C@@H]6F)CC5)ncn4)c3c2)CC1. The summed E-state index contributed by atoms with van der Waals surface area (Å²) in [6.07, 6.45) is 5.82. The van der Waals surface area contributed by atoms with Gasteiger partial charge < -0.3 is 24.3 Å². The molecule has 7 heterocycles. The van der Waals surface area contributed by atoms with Gasteiger partial charge in [-0.25, -0.2) is 18.7 Å². The van der Waals surface area contributed by atoms with Gasteiger partial charge in [0.05, 0.1) is 23.4 Å². The van der Waals surface area contributed by atoms with E-state index < -0.39 is 23.9 Å². The molecule has 5 aliphatic heterocycles. The Morgan fingerprint density at radius 3 is 2.47 bits per heavy atom. The molecule has 3 atom stereocenters. The maximum absolute atomic E-state index is 16.0. The lowest BCUT2D eigenvalue weighted by Gasteiger charge is -2.42. The number of ether oxygens (including phenoxy) is 1. The van der Waals surface area contributed by atoms with Gasteiger partial charge in [-0.05, 0) is 88.2 Å². The summed E-state index contributed by atoms with van der Waals surface area (Å²) in [7, 11) is 0. The highest BCUT2D eigenvalue weighted by molar-refractivity contribution is 6.05. The van der Waals surface area contributed by atoms with E-state index >= 15 is 8.78 Å². The Morgan fingerprint density at radius 1 is 0.883 bits per heavy atom. The molecule has 5 fully saturated rings. The molecule has 4 saturated heterocycles. The van der Waals surface area contributed by atoms with Crippen LogP contribution in [0.3, 0.4) is 0 Å². The molecule has 4 aromatic rings. The van der Waals surface area contributed by atoms with Gasteiger partial charge in [-0.2, -0.15) is 5.10 Å². The first-order chi connectivity index (χ1) is 29.1. The number of rotatable bonds is 10. The van der Waals surface area contributed by atoms with E-state index in [9.17, 15) is 14.4 Å². The summed E-state index contributed by atoms with van der Waals surface area (Å²) >= 11 is 0. The number of hydrogen-bond acceptors (Lipinski definition) is 11. The molecule has 10 rings (SSSR count). The van der Waals surface area contributed by atoms with Crippen LogP contribution < -0.4 is 19.9 Å². The molecule has 316 valence electrons. The molecule has 2 aromatic heterocycles. The molecule has 2 N–H and O–H groups in total.